The molecule has 1 fully saturated rings. The molecule has 122 valence electrons. The monoisotopic (exact) mass is 303 g/mol. The third kappa shape index (κ3) is 4.65. The van der Waals surface area contributed by atoms with Crippen molar-refractivity contribution in [3.05, 3.63) is 29.8 Å². The van der Waals surface area contributed by atoms with Gasteiger partial charge in [-0.1, -0.05) is 25.1 Å². The van der Waals surface area contributed by atoms with E-state index >= 15 is 0 Å². The second-order valence-electron chi connectivity index (χ2n) is 5.93. The number of rotatable bonds is 5. The van der Waals surface area contributed by atoms with Gasteiger partial charge in [-0.15, -0.1) is 0 Å². The highest BCUT2D eigenvalue weighted by atomic mass is 16.5. The van der Waals surface area contributed by atoms with Crippen LogP contribution in [-0.2, 0) is 6.42 Å². The fourth-order valence-electron chi connectivity index (χ4n) is 2.87. The number of hydrogen-bond acceptors (Lipinski definition) is 2. The maximum Gasteiger partial charge on any atom is 0.193 e. The molecule has 1 aromatic rings. The third-order valence-corrected chi connectivity index (χ3v) is 4.24. The number of nitrogens with zero attached hydrogens (tertiary/aromatic N) is 2. The molecule has 0 atom stereocenters. The van der Waals surface area contributed by atoms with Gasteiger partial charge in [-0.25, -0.2) is 0 Å². The number of likely N-dealkylation sites (tertiary alicyclic amines) is 1. The molecule has 2 rings (SSSR count). The minimum absolute atomic E-state index is 0.706. The molecule has 0 spiro atoms. The SMILES string of the molecule is CCOc1ccccc1CCNC(=NC)N1CCC(C)CC1. The summed E-state index contributed by atoms with van der Waals surface area (Å²) < 4.78 is 5.68. The van der Waals surface area contributed by atoms with Gasteiger partial charge in [-0.3, -0.25) is 4.99 Å². The van der Waals surface area contributed by atoms with E-state index in [2.05, 4.69) is 34.3 Å². The fraction of sp³-hybridized carbons (Fsp3) is 0.611. The maximum atomic E-state index is 5.68. The van der Waals surface area contributed by atoms with Crippen LogP contribution in [0.1, 0.15) is 32.3 Å². The van der Waals surface area contributed by atoms with Gasteiger partial charge >= 0.3 is 0 Å². The molecule has 1 aromatic carbocycles. The highest BCUT2D eigenvalue weighted by Crippen LogP contribution is 2.18. The van der Waals surface area contributed by atoms with Gasteiger partial charge in [0.25, 0.3) is 0 Å². The minimum atomic E-state index is 0.706. The van der Waals surface area contributed by atoms with Crippen LogP contribution in [-0.4, -0.2) is 44.1 Å². The minimum Gasteiger partial charge on any atom is -0.494 e. The van der Waals surface area contributed by atoms with Crippen LogP contribution in [0.5, 0.6) is 5.75 Å². The van der Waals surface area contributed by atoms with E-state index in [-0.39, 0.29) is 0 Å². The molecular formula is C18H29N3O. The third-order valence-electron chi connectivity index (χ3n) is 4.24. The normalized spacial score (nSPS) is 16.7. The number of piperidine rings is 1. The first-order chi connectivity index (χ1) is 10.7. The topological polar surface area (TPSA) is 36.9 Å². The van der Waals surface area contributed by atoms with Crippen LogP contribution in [0.15, 0.2) is 29.3 Å². The Labute approximate surface area is 134 Å². The molecule has 0 unspecified atom stereocenters. The first-order valence-electron chi connectivity index (χ1n) is 8.41. The van der Waals surface area contributed by atoms with E-state index in [1.54, 1.807) is 0 Å². The van der Waals surface area contributed by atoms with Gasteiger partial charge < -0.3 is 15.0 Å². The highest BCUT2D eigenvalue weighted by molar-refractivity contribution is 5.79. The average molecular weight is 303 g/mol. The van der Waals surface area contributed by atoms with Crippen molar-refractivity contribution < 1.29 is 4.74 Å². The highest BCUT2D eigenvalue weighted by Gasteiger charge is 2.18. The van der Waals surface area contributed by atoms with E-state index in [0.717, 1.165) is 43.7 Å². The van der Waals surface area contributed by atoms with E-state index in [1.165, 1.54) is 18.4 Å². The number of hydrogen-bond donors (Lipinski definition) is 1. The zero-order valence-electron chi connectivity index (χ0n) is 14.1. The lowest BCUT2D eigenvalue weighted by Gasteiger charge is -2.33. The van der Waals surface area contributed by atoms with Crippen molar-refractivity contribution in [1.29, 1.82) is 0 Å². The van der Waals surface area contributed by atoms with E-state index < -0.39 is 0 Å². The molecule has 4 nitrogen and oxygen atoms in total. The molecule has 1 aliphatic heterocycles. The molecule has 1 saturated heterocycles. The summed E-state index contributed by atoms with van der Waals surface area (Å²) in [6, 6.07) is 8.27. The van der Waals surface area contributed by atoms with Crippen molar-refractivity contribution in [1.82, 2.24) is 10.2 Å². The van der Waals surface area contributed by atoms with Crippen molar-refractivity contribution in [3.63, 3.8) is 0 Å². The summed E-state index contributed by atoms with van der Waals surface area (Å²) in [6.07, 6.45) is 3.46. The standard InChI is InChI=1S/C18H29N3O/c1-4-22-17-8-6-5-7-16(17)9-12-20-18(19-3)21-13-10-15(2)11-14-21/h5-8,15H,4,9-14H2,1-3H3,(H,19,20). The van der Waals surface area contributed by atoms with Gasteiger partial charge in [-0.05, 0) is 43.7 Å². The van der Waals surface area contributed by atoms with Crippen molar-refractivity contribution in [2.24, 2.45) is 10.9 Å². The van der Waals surface area contributed by atoms with Crippen molar-refractivity contribution in [2.45, 2.75) is 33.1 Å². The summed E-state index contributed by atoms with van der Waals surface area (Å²) in [6.45, 7) is 8.15. The number of para-hydroxylation sites is 1. The summed E-state index contributed by atoms with van der Waals surface area (Å²) in [5.74, 6) is 2.86. The first-order valence-corrected chi connectivity index (χ1v) is 8.41. The molecule has 0 radical (unpaired) electrons. The van der Waals surface area contributed by atoms with Crippen LogP contribution in [0.2, 0.25) is 0 Å². The maximum absolute atomic E-state index is 5.68. The smallest absolute Gasteiger partial charge is 0.193 e. The van der Waals surface area contributed by atoms with Gasteiger partial charge in [0.1, 0.15) is 5.75 Å². The summed E-state index contributed by atoms with van der Waals surface area (Å²) in [5, 5.41) is 3.49. The Morgan fingerprint density at radius 3 is 2.73 bits per heavy atom. The molecule has 0 amide bonds. The van der Waals surface area contributed by atoms with E-state index in [0.29, 0.717) is 6.61 Å². The predicted molar refractivity (Wildman–Crippen MR) is 92.6 cm³/mol. The Kier molecular flexibility index (Phi) is 6.56. The van der Waals surface area contributed by atoms with Crippen LogP contribution in [0.3, 0.4) is 0 Å². The second-order valence-corrected chi connectivity index (χ2v) is 5.93. The van der Waals surface area contributed by atoms with Crippen LogP contribution in [0.4, 0.5) is 0 Å². The molecule has 0 aromatic heterocycles. The lowest BCUT2D eigenvalue weighted by atomic mass is 9.99. The number of ether oxygens (including phenoxy) is 1. The molecular weight excluding hydrogens is 274 g/mol. The number of nitrogens with one attached hydrogen (secondary N) is 1. The largest absolute Gasteiger partial charge is 0.494 e. The van der Waals surface area contributed by atoms with Crippen LogP contribution >= 0.6 is 0 Å². The Balaban J connectivity index is 1.84. The van der Waals surface area contributed by atoms with Crippen LogP contribution in [0.25, 0.3) is 0 Å². The van der Waals surface area contributed by atoms with Gasteiger partial charge in [0.05, 0.1) is 6.61 Å². The zero-order valence-corrected chi connectivity index (χ0v) is 14.1. The van der Waals surface area contributed by atoms with Crippen molar-refractivity contribution >= 4 is 5.96 Å². The van der Waals surface area contributed by atoms with Gasteiger partial charge in [0.2, 0.25) is 0 Å². The summed E-state index contributed by atoms with van der Waals surface area (Å²) in [5.41, 5.74) is 1.25. The summed E-state index contributed by atoms with van der Waals surface area (Å²) in [7, 11) is 1.87. The first kappa shape index (κ1) is 16.7. The molecule has 0 aliphatic carbocycles. The van der Waals surface area contributed by atoms with Crippen molar-refractivity contribution in [2.75, 3.05) is 33.3 Å². The number of aliphatic imine (C=N–C) groups is 1. The Hall–Kier alpha value is -1.71. The van der Waals surface area contributed by atoms with Gasteiger partial charge in [0, 0.05) is 26.7 Å². The van der Waals surface area contributed by atoms with Crippen LogP contribution in [0, 0.1) is 5.92 Å². The van der Waals surface area contributed by atoms with Crippen molar-refractivity contribution in [3.8, 4) is 5.75 Å². The van der Waals surface area contributed by atoms with Gasteiger partial charge in [-0.2, -0.15) is 0 Å². The summed E-state index contributed by atoms with van der Waals surface area (Å²) in [4.78, 5) is 6.80. The lowest BCUT2D eigenvalue weighted by Crippen LogP contribution is -2.45. The number of guanidine groups is 1. The average Bonchev–Trinajstić information content (AvgIpc) is 2.54. The second kappa shape index (κ2) is 8.66. The molecule has 0 saturated carbocycles. The van der Waals surface area contributed by atoms with E-state index in [1.807, 2.05) is 26.1 Å². The fourth-order valence-corrected chi connectivity index (χ4v) is 2.87. The van der Waals surface area contributed by atoms with E-state index in [4.69, 9.17) is 4.74 Å². The Morgan fingerprint density at radius 1 is 1.32 bits per heavy atom. The predicted octanol–water partition coefficient (Wildman–Crippen LogP) is 2.94. The molecule has 22 heavy (non-hydrogen) atoms. The lowest BCUT2D eigenvalue weighted by molar-refractivity contribution is 0.273. The van der Waals surface area contributed by atoms with Crippen LogP contribution < -0.4 is 10.1 Å². The molecule has 4 heteroatoms. The molecule has 0 bridgehead atoms. The Bertz CT molecular complexity index is 479. The van der Waals surface area contributed by atoms with Gasteiger partial charge in [0.15, 0.2) is 5.96 Å². The zero-order chi connectivity index (χ0) is 15.8. The molecule has 1 N–H and O–H groups in total. The molecule has 1 aliphatic rings. The Morgan fingerprint density at radius 2 is 2.05 bits per heavy atom. The molecule has 1 heterocycles. The van der Waals surface area contributed by atoms with E-state index in [9.17, 15) is 0 Å². The summed E-state index contributed by atoms with van der Waals surface area (Å²) >= 11 is 0. The number of benzene rings is 1. The quantitative estimate of drug-likeness (QED) is 0.671.